The normalized spacial score (nSPS) is 15.5. The van der Waals surface area contributed by atoms with Crippen LogP contribution >= 0.6 is 18.5 Å². The van der Waals surface area contributed by atoms with Crippen LogP contribution in [0.5, 0.6) is 0 Å². The van der Waals surface area contributed by atoms with Gasteiger partial charge in [0, 0.05) is 32.1 Å². The number of aryl methyl sites for hydroxylation is 1. The lowest BCUT2D eigenvalue weighted by Gasteiger charge is -2.29. The number of hydrogen-bond donors (Lipinski definition) is 0. The number of hydrogen-bond acceptors (Lipinski definition) is 3. The van der Waals surface area contributed by atoms with Gasteiger partial charge in [0.1, 0.15) is 5.82 Å². The predicted molar refractivity (Wildman–Crippen MR) is 178 cm³/mol. The van der Waals surface area contributed by atoms with E-state index in [9.17, 15) is 0 Å². The zero-order valence-electron chi connectivity index (χ0n) is 23.1. The van der Waals surface area contributed by atoms with Gasteiger partial charge in [-0.25, -0.2) is 4.98 Å². The van der Waals surface area contributed by atoms with Crippen molar-refractivity contribution in [3.63, 3.8) is 0 Å². The third-order valence-electron chi connectivity index (χ3n) is 8.22. The summed E-state index contributed by atoms with van der Waals surface area (Å²) in [6.45, 7) is 2.13. The zero-order chi connectivity index (χ0) is 28.3. The Bertz CT molecular complexity index is 2140. The van der Waals surface area contributed by atoms with Crippen LogP contribution in [-0.2, 0) is 11.0 Å². The minimum absolute atomic E-state index is 0.793. The van der Waals surface area contributed by atoms with E-state index >= 15 is 4.57 Å². The summed E-state index contributed by atoms with van der Waals surface area (Å²) in [5.41, 5.74) is 7.43. The molecule has 0 N–H and O–H groups in total. The summed E-state index contributed by atoms with van der Waals surface area (Å²) in [7, 11) is -3.15. The molecular weight excluding hydrogens is 551 g/mol. The van der Waals surface area contributed by atoms with Crippen molar-refractivity contribution < 1.29 is 4.57 Å². The Balaban J connectivity index is 1.25. The van der Waals surface area contributed by atoms with Crippen molar-refractivity contribution in [1.82, 2.24) is 9.55 Å². The average Bonchev–Trinajstić information content (AvgIpc) is 3.70. The number of thiophene rings is 1. The zero-order valence-corrected chi connectivity index (χ0v) is 24.8. The Hall–Kier alpha value is -4.50. The molecule has 2 aromatic heterocycles. The molecule has 7 aromatic rings. The van der Waals surface area contributed by atoms with E-state index in [1.54, 1.807) is 11.3 Å². The topological polar surface area (TPSA) is 34.9 Å². The van der Waals surface area contributed by atoms with Crippen LogP contribution in [0.4, 0.5) is 0 Å². The van der Waals surface area contributed by atoms with E-state index in [0.717, 1.165) is 56.0 Å². The van der Waals surface area contributed by atoms with Crippen molar-refractivity contribution in [2.75, 3.05) is 0 Å². The van der Waals surface area contributed by atoms with Gasteiger partial charge in [0.25, 0.3) is 0 Å². The van der Waals surface area contributed by atoms with Gasteiger partial charge < -0.3 is 4.57 Å². The highest BCUT2D eigenvalue weighted by atomic mass is 32.1. The van der Waals surface area contributed by atoms with Crippen molar-refractivity contribution >= 4 is 45.4 Å². The van der Waals surface area contributed by atoms with Gasteiger partial charge in [-0.1, -0.05) is 104 Å². The Kier molecular flexibility index (Phi) is 5.89. The maximum Gasteiger partial charge on any atom is 0.175 e. The molecule has 0 spiro atoms. The fraction of sp³-hybridized carbons (Fsp3) is 0.0541. The highest BCUT2D eigenvalue weighted by Gasteiger charge is 2.39. The molecule has 5 heteroatoms. The van der Waals surface area contributed by atoms with E-state index < -0.39 is 7.14 Å². The van der Waals surface area contributed by atoms with Crippen LogP contribution in [0.15, 0.2) is 133 Å². The van der Waals surface area contributed by atoms with Crippen molar-refractivity contribution in [2.45, 2.75) is 13.3 Å². The molecule has 0 aliphatic carbocycles. The monoisotopic (exact) mass is 578 g/mol. The van der Waals surface area contributed by atoms with Gasteiger partial charge in [0.2, 0.25) is 0 Å². The number of fused-ring (bicyclic) bond motifs is 2. The van der Waals surface area contributed by atoms with Crippen molar-refractivity contribution in [1.29, 1.82) is 0 Å². The molecule has 1 aliphatic heterocycles. The lowest BCUT2D eigenvalue weighted by atomic mass is 10.0. The molecular formula is C37H27N2OPS. The number of imidazole rings is 1. The van der Waals surface area contributed by atoms with E-state index in [2.05, 4.69) is 90.4 Å². The molecule has 8 rings (SSSR count). The van der Waals surface area contributed by atoms with Crippen LogP contribution in [-0.4, -0.2) is 9.55 Å². The quantitative estimate of drug-likeness (QED) is 0.192. The SMILES string of the molecule is CCc1nc2cccc3c2n1-c1ccc(-c2ccc(-c4ccc(-c5ccccc5)s4)cc2)cc1P3(=O)c1ccccc1. The van der Waals surface area contributed by atoms with E-state index in [1.165, 1.54) is 20.9 Å². The standard InChI is InChI=1S/C37H27N2OPS/c1-2-36-38-30-14-9-15-32-37(30)39(36)31-21-20-28(24-33(31)41(32,40)29-12-7-4-8-13-29)25-16-18-27(19-17-25)35-23-22-34(42-35)26-10-5-3-6-11-26/h3-24H,2H2,1H3. The second-order valence-corrected chi connectivity index (χ2v) is 14.4. The lowest BCUT2D eigenvalue weighted by molar-refractivity contribution is 0.592. The number of aromatic nitrogens is 2. The molecule has 1 unspecified atom stereocenters. The Labute approximate surface area is 249 Å². The molecule has 5 aromatic carbocycles. The van der Waals surface area contributed by atoms with Gasteiger partial charge >= 0.3 is 0 Å². The molecule has 3 nitrogen and oxygen atoms in total. The molecule has 1 atom stereocenters. The Morgan fingerprint density at radius 2 is 1.29 bits per heavy atom. The van der Waals surface area contributed by atoms with E-state index in [1.807, 2.05) is 54.6 Å². The largest absolute Gasteiger partial charge is 0.308 e. The maximum absolute atomic E-state index is 15.5. The van der Waals surface area contributed by atoms with Gasteiger partial charge in [-0.15, -0.1) is 11.3 Å². The number of nitrogens with zero attached hydrogens (tertiary/aromatic N) is 2. The third kappa shape index (κ3) is 3.80. The molecule has 0 amide bonds. The first-order valence-electron chi connectivity index (χ1n) is 14.2. The molecule has 3 heterocycles. The first kappa shape index (κ1) is 25.2. The Morgan fingerprint density at radius 3 is 2.00 bits per heavy atom. The molecule has 0 radical (unpaired) electrons. The highest BCUT2D eigenvalue weighted by molar-refractivity contribution is 7.86. The second kappa shape index (κ2) is 9.80. The third-order valence-corrected chi connectivity index (χ3v) is 12.5. The van der Waals surface area contributed by atoms with E-state index in [-0.39, 0.29) is 0 Å². The molecule has 202 valence electrons. The van der Waals surface area contributed by atoms with Crippen LogP contribution in [0, 0.1) is 0 Å². The summed E-state index contributed by atoms with van der Waals surface area (Å²) < 4.78 is 17.7. The molecule has 0 fully saturated rings. The fourth-order valence-electron chi connectivity index (χ4n) is 6.18. The van der Waals surface area contributed by atoms with E-state index in [4.69, 9.17) is 4.98 Å². The van der Waals surface area contributed by atoms with Crippen molar-refractivity contribution in [2.24, 2.45) is 0 Å². The number of para-hydroxylation sites is 1. The van der Waals surface area contributed by atoms with Gasteiger partial charge in [0.05, 0.1) is 16.7 Å². The molecule has 1 aliphatic rings. The summed E-state index contributed by atoms with van der Waals surface area (Å²) in [6, 6.07) is 46.1. The highest BCUT2D eigenvalue weighted by Crippen LogP contribution is 2.50. The maximum atomic E-state index is 15.5. The van der Waals surface area contributed by atoms with Crippen LogP contribution in [0.1, 0.15) is 12.7 Å². The van der Waals surface area contributed by atoms with Crippen LogP contribution in [0.2, 0.25) is 0 Å². The summed E-state index contributed by atoms with van der Waals surface area (Å²) in [5, 5.41) is 2.59. The predicted octanol–water partition coefficient (Wildman–Crippen LogP) is 8.60. The second-order valence-electron chi connectivity index (χ2n) is 10.6. The van der Waals surface area contributed by atoms with Gasteiger partial charge in [-0.2, -0.15) is 0 Å². The van der Waals surface area contributed by atoms with Crippen LogP contribution < -0.4 is 15.9 Å². The molecule has 42 heavy (non-hydrogen) atoms. The summed E-state index contributed by atoms with van der Waals surface area (Å²) in [4.78, 5) is 7.45. The number of benzene rings is 5. The first-order valence-corrected chi connectivity index (χ1v) is 16.7. The Morgan fingerprint density at radius 1 is 0.643 bits per heavy atom. The van der Waals surface area contributed by atoms with Crippen LogP contribution in [0.25, 0.3) is 48.7 Å². The van der Waals surface area contributed by atoms with Crippen LogP contribution in [0.3, 0.4) is 0 Å². The van der Waals surface area contributed by atoms with Crippen molar-refractivity contribution in [3.8, 4) is 37.7 Å². The minimum atomic E-state index is -3.15. The molecule has 0 bridgehead atoms. The first-order chi connectivity index (χ1) is 20.6. The average molecular weight is 579 g/mol. The lowest BCUT2D eigenvalue weighted by Crippen LogP contribution is -2.33. The molecule has 0 saturated heterocycles. The smallest absolute Gasteiger partial charge is 0.175 e. The van der Waals surface area contributed by atoms with Gasteiger partial charge in [-0.3, -0.25) is 4.57 Å². The van der Waals surface area contributed by atoms with Crippen molar-refractivity contribution in [3.05, 3.63) is 139 Å². The van der Waals surface area contributed by atoms with Gasteiger partial charge in [0.15, 0.2) is 7.14 Å². The summed E-state index contributed by atoms with van der Waals surface area (Å²) in [6.07, 6.45) is 0.793. The minimum Gasteiger partial charge on any atom is -0.308 e. The van der Waals surface area contributed by atoms with E-state index in [0.29, 0.717) is 0 Å². The summed E-state index contributed by atoms with van der Waals surface area (Å²) >= 11 is 1.81. The van der Waals surface area contributed by atoms with Gasteiger partial charge in [-0.05, 0) is 58.7 Å². The molecule has 0 saturated carbocycles. The summed E-state index contributed by atoms with van der Waals surface area (Å²) in [5.74, 6) is 0.987. The fourth-order valence-corrected chi connectivity index (χ4v) is 10.2. The number of rotatable bonds is 5.